The maximum atomic E-state index is 11.7. The fourth-order valence-corrected chi connectivity index (χ4v) is 1.67. The van der Waals surface area contributed by atoms with Crippen LogP contribution in [0.5, 0.6) is 0 Å². The van der Waals surface area contributed by atoms with Crippen LogP contribution in [0.1, 0.15) is 20.3 Å². The Labute approximate surface area is 100.0 Å². The highest BCUT2D eigenvalue weighted by atomic mass is 16.4. The van der Waals surface area contributed by atoms with Crippen LogP contribution >= 0.6 is 0 Å². The van der Waals surface area contributed by atoms with E-state index >= 15 is 0 Å². The summed E-state index contributed by atoms with van der Waals surface area (Å²) in [6, 6.07) is 0. The molecule has 0 aromatic heterocycles. The first kappa shape index (κ1) is 13.5. The molecule has 0 spiro atoms. The van der Waals surface area contributed by atoms with Crippen LogP contribution in [0.25, 0.3) is 0 Å². The van der Waals surface area contributed by atoms with Gasteiger partial charge >= 0.3 is 5.97 Å². The Kier molecular flexibility index (Phi) is 4.48. The van der Waals surface area contributed by atoms with E-state index in [2.05, 4.69) is 5.32 Å². The third-order valence-corrected chi connectivity index (χ3v) is 2.83. The van der Waals surface area contributed by atoms with Crippen molar-refractivity contribution in [2.24, 2.45) is 11.8 Å². The largest absolute Gasteiger partial charge is 0.481 e. The van der Waals surface area contributed by atoms with Gasteiger partial charge in [0.1, 0.15) is 0 Å². The van der Waals surface area contributed by atoms with E-state index in [4.69, 9.17) is 5.11 Å². The van der Waals surface area contributed by atoms with Gasteiger partial charge in [0, 0.05) is 19.0 Å². The number of carbonyl (C=O) groups is 3. The highest BCUT2D eigenvalue weighted by molar-refractivity contribution is 5.86. The molecule has 0 radical (unpaired) electrons. The van der Waals surface area contributed by atoms with Crippen LogP contribution in [0.4, 0.5) is 0 Å². The number of carboxylic acids is 1. The zero-order chi connectivity index (χ0) is 13.0. The van der Waals surface area contributed by atoms with Gasteiger partial charge in [0.05, 0.1) is 12.5 Å². The van der Waals surface area contributed by atoms with Gasteiger partial charge in [-0.3, -0.25) is 14.4 Å². The van der Waals surface area contributed by atoms with Crippen LogP contribution in [-0.2, 0) is 14.4 Å². The first-order chi connectivity index (χ1) is 7.91. The molecule has 0 aromatic rings. The molecule has 6 nitrogen and oxygen atoms in total. The van der Waals surface area contributed by atoms with Gasteiger partial charge in [-0.2, -0.15) is 0 Å². The monoisotopic (exact) mass is 242 g/mol. The highest BCUT2D eigenvalue weighted by Gasteiger charge is 2.30. The van der Waals surface area contributed by atoms with Crippen LogP contribution < -0.4 is 5.32 Å². The molecular weight excluding hydrogens is 224 g/mol. The minimum atomic E-state index is -0.869. The summed E-state index contributed by atoms with van der Waals surface area (Å²) < 4.78 is 0. The Balaban J connectivity index is 2.35. The quantitative estimate of drug-likeness (QED) is 0.708. The van der Waals surface area contributed by atoms with Crippen LogP contribution in [0.2, 0.25) is 0 Å². The number of hydrogen-bond donors (Lipinski definition) is 2. The third kappa shape index (κ3) is 3.72. The molecule has 1 fully saturated rings. The number of rotatable bonds is 4. The molecule has 1 aliphatic heterocycles. The van der Waals surface area contributed by atoms with E-state index in [-0.39, 0.29) is 30.8 Å². The lowest BCUT2D eigenvalue weighted by Gasteiger charge is -2.16. The van der Waals surface area contributed by atoms with E-state index in [0.717, 1.165) is 0 Å². The third-order valence-electron chi connectivity index (χ3n) is 2.83. The molecule has 1 aliphatic rings. The second kappa shape index (κ2) is 5.65. The summed E-state index contributed by atoms with van der Waals surface area (Å²) in [4.78, 5) is 35.1. The Hall–Kier alpha value is -1.59. The zero-order valence-corrected chi connectivity index (χ0v) is 10.1. The molecule has 2 N–H and O–H groups in total. The normalized spacial score (nSPS) is 19.5. The lowest BCUT2D eigenvalue weighted by molar-refractivity contribution is -0.141. The van der Waals surface area contributed by atoms with Crippen molar-refractivity contribution >= 4 is 17.8 Å². The Bertz CT molecular complexity index is 327. The molecular formula is C11H18N2O4. The number of carboxylic acid groups (broad SMARTS) is 1. The predicted molar refractivity (Wildman–Crippen MR) is 60.2 cm³/mol. The predicted octanol–water partition coefficient (Wildman–Crippen LogP) is -0.308. The fourth-order valence-electron chi connectivity index (χ4n) is 1.67. The average Bonchev–Trinajstić information content (AvgIpc) is 2.74. The molecule has 2 amide bonds. The first-order valence-corrected chi connectivity index (χ1v) is 5.70. The van der Waals surface area contributed by atoms with E-state index in [0.29, 0.717) is 13.0 Å². The van der Waals surface area contributed by atoms with Crippen molar-refractivity contribution in [1.29, 1.82) is 0 Å². The number of nitrogens with one attached hydrogen (secondary N) is 1. The summed E-state index contributed by atoms with van der Waals surface area (Å²) in [7, 11) is 0. The van der Waals surface area contributed by atoms with Crippen LogP contribution in [0.15, 0.2) is 0 Å². The molecule has 1 saturated heterocycles. The number of nitrogens with zero attached hydrogens (tertiary/aromatic N) is 1. The maximum Gasteiger partial charge on any atom is 0.308 e. The molecule has 1 heterocycles. The van der Waals surface area contributed by atoms with Gasteiger partial charge < -0.3 is 15.3 Å². The van der Waals surface area contributed by atoms with Gasteiger partial charge in [0.25, 0.3) is 0 Å². The van der Waals surface area contributed by atoms with Gasteiger partial charge in [-0.1, -0.05) is 13.8 Å². The summed E-state index contributed by atoms with van der Waals surface area (Å²) >= 11 is 0. The lowest BCUT2D eigenvalue weighted by atomic mass is 10.1. The van der Waals surface area contributed by atoms with Gasteiger partial charge in [-0.15, -0.1) is 0 Å². The topological polar surface area (TPSA) is 86.7 Å². The molecule has 1 rings (SSSR count). The van der Waals surface area contributed by atoms with Crippen LogP contribution in [0.3, 0.4) is 0 Å². The molecule has 6 heteroatoms. The van der Waals surface area contributed by atoms with Crippen molar-refractivity contribution in [3.8, 4) is 0 Å². The van der Waals surface area contributed by atoms with Gasteiger partial charge in [-0.05, 0) is 6.42 Å². The number of carbonyl (C=O) groups excluding carboxylic acids is 2. The lowest BCUT2D eigenvalue weighted by Crippen LogP contribution is -2.40. The van der Waals surface area contributed by atoms with Crippen molar-refractivity contribution in [2.45, 2.75) is 20.3 Å². The second-order valence-corrected chi connectivity index (χ2v) is 4.54. The van der Waals surface area contributed by atoms with Crippen molar-refractivity contribution in [3.63, 3.8) is 0 Å². The summed E-state index contributed by atoms with van der Waals surface area (Å²) in [5.74, 6) is -1.89. The summed E-state index contributed by atoms with van der Waals surface area (Å²) in [5, 5.41) is 11.3. The highest BCUT2D eigenvalue weighted by Crippen LogP contribution is 2.15. The summed E-state index contributed by atoms with van der Waals surface area (Å²) in [6.45, 7) is 4.13. The van der Waals surface area contributed by atoms with Gasteiger partial charge in [-0.25, -0.2) is 0 Å². The van der Waals surface area contributed by atoms with Crippen molar-refractivity contribution in [3.05, 3.63) is 0 Å². The fraction of sp³-hybridized carbons (Fsp3) is 0.727. The SMILES string of the molecule is CC(C)C(=O)NCC(=O)N1CCC(C(=O)O)C1. The minimum Gasteiger partial charge on any atom is -0.481 e. The standard InChI is InChI=1S/C11H18N2O4/c1-7(2)10(15)12-5-9(14)13-4-3-8(6-13)11(16)17/h7-8H,3-6H2,1-2H3,(H,12,15)(H,16,17). The number of likely N-dealkylation sites (tertiary alicyclic amines) is 1. The maximum absolute atomic E-state index is 11.7. The number of amides is 2. The molecule has 1 unspecified atom stereocenters. The van der Waals surface area contributed by atoms with Crippen LogP contribution in [-0.4, -0.2) is 47.4 Å². The minimum absolute atomic E-state index is 0.0522. The Morgan fingerprint density at radius 1 is 1.41 bits per heavy atom. The van der Waals surface area contributed by atoms with E-state index in [1.807, 2.05) is 0 Å². The van der Waals surface area contributed by atoms with E-state index in [9.17, 15) is 14.4 Å². The van der Waals surface area contributed by atoms with Crippen molar-refractivity contribution in [1.82, 2.24) is 10.2 Å². The van der Waals surface area contributed by atoms with Gasteiger partial charge in [0.15, 0.2) is 0 Å². The van der Waals surface area contributed by atoms with Crippen molar-refractivity contribution < 1.29 is 19.5 Å². The van der Waals surface area contributed by atoms with Gasteiger partial charge in [0.2, 0.25) is 11.8 Å². The van der Waals surface area contributed by atoms with Crippen molar-refractivity contribution in [2.75, 3.05) is 19.6 Å². The van der Waals surface area contributed by atoms with Crippen LogP contribution in [0, 0.1) is 11.8 Å². The Morgan fingerprint density at radius 2 is 2.06 bits per heavy atom. The number of hydrogen-bond acceptors (Lipinski definition) is 3. The molecule has 96 valence electrons. The van der Waals surface area contributed by atoms with E-state index < -0.39 is 11.9 Å². The Morgan fingerprint density at radius 3 is 2.53 bits per heavy atom. The molecule has 1 atom stereocenters. The molecule has 0 bridgehead atoms. The van der Waals surface area contributed by atoms with E-state index in [1.54, 1.807) is 13.8 Å². The summed E-state index contributed by atoms with van der Waals surface area (Å²) in [5.41, 5.74) is 0. The molecule has 0 saturated carbocycles. The average molecular weight is 242 g/mol. The smallest absolute Gasteiger partial charge is 0.308 e. The summed E-state index contributed by atoms with van der Waals surface area (Å²) in [6.07, 6.45) is 0.485. The molecule has 17 heavy (non-hydrogen) atoms. The molecule has 0 aromatic carbocycles. The van der Waals surface area contributed by atoms with E-state index in [1.165, 1.54) is 4.90 Å². The number of aliphatic carboxylic acids is 1. The zero-order valence-electron chi connectivity index (χ0n) is 10.1. The molecule has 0 aliphatic carbocycles. The first-order valence-electron chi connectivity index (χ1n) is 5.70. The second-order valence-electron chi connectivity index (χ2n) is 4.54.